The fourth-order valence-electron chi connectivity index (χ4n) is 2.65. The number of aromatic nitrogens is 2. The summed E-state index contributed by atoms with van der Waals surface area (Å²) < 4.78 is 5.47. The number of nitrogens with zero attached hydrogens (tertiary/aromatic N) is 2. The molecule has 2 aromatic rings. The summed E-state index contributed by atoms with van der Waals surface area (Å²) in [5.41, 5.74) is 5.60. The number of aryl methyl sites for hydroxylation is 2. The van der Waals surface area contributed by atoms with E-state index in [-0.39, 0.29) is 0 Å². The van der Waals surface area contributed by atoms with E-state index < -0.39 is 0 Å². The average Bonchev–Trinajstić information content (AvgIpc) is 2.47. The van der Waals surface area contributed by atoms with Crippen LogP contribution in [0, 0.1) is 13.8 Å². The minimum absolute atomic E-state index is 0.752. The monoisotopic (exact) mass is 269 g/mol. The summed E-state index contributed by atoms with van der Waals surface area (Å²) in [6, 6.07) is 6.12. The van der Waals surface area contributed by atoms with Gasteiger partial charge in [-0.3, -0.25) is 0 Å². The highest BCUT2D eigenvalue weighted by atomic mass is 16.5. The molecule has 104 valence electrons. The Hall–Kier alpha value is -1.94. The molecular weight excluding hydrogens is 250 g/mol. The number of benzene rings is 1. The molecule has 0 amide bonds. The molecule has 4 nitrogen and oxygen atoms in total. The molecule has 1 aliphatic rings. The molecule has 1 N–H and O–H groups in total. The van der Waals surface area contributed by atoms with Gasteiger partial charge in [0.25, 0.3) is 0 Å². The lowest BCUT2D eigenvalue weighted by Gasteiger charge is -2.19. The Balaban J connectivity index is 2.13. The number of methoxy groups -OCH3 is 1. The molecule has 0 fully saturated rings. The van der Waals surface area contributed by atoms with Gasteiger partial charge in [-0.25, -0.2) is 9.97 Å². The Labute approximate surface area is 119 Å². The van der Waals surface area contributed by atoms with Crippen LogP contribution in [0.4, 0.5) is 0 Å². The molecule has 20 heavy (non-hydrogen) atoms. The average molecular weight is 269 g/mol. The summed E-state index contributed by atoms with van der Waals surface area (Å²) in [6.07, 6.45) is 1.01. The highest BCUT2D eigenvalue weighted by Crippen LogP contribution is 2.29. The van der Waals surface area contributed by atoms with Gasteiger partial charge in [-0.15, -0.1) is 0 Å². The molecule has 1 aliphatic heterocycles. The molecule has 0 saturated carbocycles. The van der Waals surface area contributed by atoms with Crippen molar-refractivity contribution in [3.63, 3.8) is 0 Å². The standard InChI is InChI=1S/C16H19N3O/c1-10-4-5-13(15(8-10)20-3)16-18-11(2)12-6-7-17-9-14(12)19-16/h4-5,8,17H,6-7,9H2,1-3H3. The summed E-state index contributed by atoms with van der Waals surface area (Å²) in [4.78, 5) is 9.41. The zero-order chi connectivity index (χ0) is 14.1. The van der Waals surface area contributed by atoms with E-state index in [4.69, 9.17) is 9.72 Å². The molecule has 0 radical (unpaired) electrons. The molecule has 0 saturated heterocycles. The van der Waals surface area contributed by atoms with Crippen LogP contribution >= 0.6 is 0 Å². The van der Waals surface area contributed by atoms with Gasteiger partial charge in [0.1, 0.15) is 5.75 Å². The SMILES string of the molecule is COc1cc(C)ccc1-c1nc(C)c2c(n1)CNCC2. The van der Waals surface area contributed by atoms with E-state index in [0.717, 1.165) is 48.0 Å². The van der Waals surface area contributed by atoms with Crippen molar-refractivity contribution in [1.29, 1.82) is 0 Å². The van der Waals surface area contributed by atoms with E-state index in [9.17, 15) is 0 Å². The van der Waals surface area contributed by atoms with Crippen LogP contribution in [0.15, 0.2) is 18.2 Å². The molecule has 0 unspecified atom stereocenters. The minimum atomic E-state index is 0.752. The third-order valence-electron chi connectivity index (χ3n) is 3.74. The lowest BCUT2D eigenvalue weighted by molar-refractivity contribution is 0.415. The van der Waals surface area contributed by atoms with E-state index in [0.29, 0.717) is 0 Å². The van der Waals surface area contributed by atoms with Gasteiger partial charge >= 0.3 is 0 Å². The van der Waals surface area contributed by atoms with Crippen molar-refractivity contribution in [2.75, 3.05) is 13.7 Å². The third kappa shape index (κ3) is 2.27. The first-order chi connectivity index (χ1) is 9.69. The van der Waals surface area contributed by atoms with Gasteiger partial charge in [0, 0.05) is 12.2 Å². The second-order valence-electron chi connectivity index (χ2n) is 5.19. The van der Waals surface area contributed by atoms with Gasteiger partial charge in [-0.1, -0.05) is 6.07 Å². The summed E-state index contributed by atoms with van der Waals surface area (Å²) >= 11 is 0. The van der Waals surface area contributed by atoms with E-state index in [1.54, 1.807) is 7.11 Å². The van der Waals surface area contributed by atoms with Crippen molar-refractivity contribution in [3.8, 4) is 17.1 Å². The lowest BCUT2D eigenvalue weighted by Crippen LogP contribution is -2.26. The Morgan fingerprint density at radius 1 is 1.20 bits per heavy atom. The number of rotatable bonds is 2. The summed E-state index contributed by atoms with van der Waals surface area (Å²) in [7, 11) is 1.69. The van der Waals surface area contributed by atoms with Crippen LogP contribution in [-0.2, 0) is 13.0 Å². The van der Waals surface area contributed by atoms with Gasteiger partial charge in [0.05, 0.1) is 18.4 Å². The molecule has 1 aromatic heterocycles. The zero-order valence-electron chi connectivity index (χ0n) is 12.2. The summed E-state index contributed by atoms with van der Waals surface area (Å²) in [5.74, 6) is 1.58. The number of ether oxygens (including phenoxy) is 1. The molecule has 0 bridgehead atoms. The van der Waals surface area contributed by atoms with Crippen molar-refractivity contribution >= 4 is 0 Å². The highest BCUT2D eigenvalue weighted by molar-refractivity contribution is 5.65. The largest absolute Gasteiger partial charge is 0.496 e. The van der Waals surface area contributed by atoms with Gasteiger partial charge in [0.15, 0.2) is 5.82 Å². The van der Waals surface area contributed by atoms with Crippen molar-refractivity contribution in [3.05, 3.63) is 40.7 Å². The number of nitrogens with one attached hydrogen (secondary N) is 1. The van der Waals surface area contributed by atoms with Crippen LogP contribution in [0.2, 0.25) is 0 Å². The second kappa shape index (κ2) is 5.21. The van der Waals surface area contributed by atoms with Crippen LogP contribution in [0.3, 0.4) is 0 Å². The minimum Gasteiger partial charge on any atom is -0.496 e. The Bertz CT molecular complexity index is 652. The van der Waals surface area contributed by atoms with Crippen molar-refractivity contribution in [2.24, 2.45) is 0 Å². The molecule has 1 aromatic carbocycles. The Morgan fingerprint density at radius 3 is 2.85 bits per heavy atom. The number of hydrogen-bond acceptors (Lipinski definition) is 4. The van der Waals surface area contributed by atoms with Crippen LogP contribution < -0.4 is 10.1 Å². The zero-order valence-corrected chi connectivity index (χ0v) is 12.2. The van der Waals surface area contributed by atoms with E-state index in [1.807, 2.05) is 12.1 Å². The van der Waals surface area contributed by atoms with E-state index in [2.05, 4.69) is 30.2 Å². The topological polar surface area (TPSA) is 47.0 Å². The van der Waals surface area contributed by atoms with Crippen LogP contribution in [0.1, 0.15) is 22.5 Å². The van der Waals surface area contributed by atoms with E-state index in [1.165, 1.54) is 11.1 Å². The lowest BCUT2D eigenvalue weighted by atomic mass is 10.0. The molecule has 0 atom stereocenters. The first kappa shape index (κ1) is 13.1. The van der Waals surface area contributed by atoms with Gasteiger partial charge < -0.3 is 10.1 Å². The fraction of sp³-hybridized carbons (Fsp3) is 0.375. The molecular formula is C16H19N3O. The Kier molecular flexibility index (Phi) is 3.40. The highest BCUT2D eigenvalue weighted by Gasteiger charge is 2.17. The van der Waals surface area contributed by atoms with Crippen molar-refractivity contribution in [2.45, 2.75) is 26.8 Å². The van der Waals surface area contributed by atoms with Crippen LogP contribution in [0.25, 0.3) is 11.4 Å². The summed E-state index contributed by atoms with van der Waals surface area (Å²) in [5, 5.41) is 3.36. The summed E-state index contributed by atoms with van der Waals surface area (Å²) in [6.45, 7) is 5.94. The van der Waals surface area contributed by atoms with Gasteiger partial charge in [-0.2, -0.15) is 0 Å². The molecule has 2 heterocycles. The third-order valence-corrected chi connectivity index (χ3v) is 3.74. The first-order valence-electron chi connectivity index (χ1n) is 6.91. The maximum atomic E-state index is 5.47. The first-order valence-corrected chi connectivity index (χ1v) is 6.91. The quantitative estimate of drug-likeness (QED) is 0.909. The molecule has 3 rings (SSSR count). The maximum absolute atomic E-state index is 5.47. The predicted molar refractivity (Wildman–Crippen MR) is 78.9 cm³/mol. The normalized spacial score (nSPS) is 13.9. The molecule has 4 heteroatoms. The maximum Gasteiger partial charge on any atom is 0.163 e. The second-order valence-corrected chi connectivity index (χ2v) is 5.19. The number of fused-ring (bicyclic) bond motifs is 1. The smallest absolute Gasteiger partial charge is 0.163 e. The molecule has 0 aliphatic carbocycles. The van der Waals surface area contributed by atoms with E-state index >= 15 is 0 Å². The fourth-order valence-corrected chi connectivity index (χ4v) is 2.65. The van der Waals surface area contributed by atoms with Crippen molar-refractivity contribution in [1.82, 2.24) is 15.3 Å². The van der Waals surface area contributed by atoms with Gasteiger partial charge in [-0.05, 0) is 50.1 Å². The number of hydrogen-bond donors (Lipinski definition) is 1. The Morgan fingerprint density at radius 2 is 2.05 bits per heavy atom. The predicted octanol–water partition coefficient (Wildman–Crippen LogP) is 2.41. The van der Waals surface area contributed by atoms with Crippen LogP contribution in [-0.4, -0.2) is 23.6 Å². The molecule has 0 spiro atoms. The van der Waals surface area contributed by atoms with Crippen molar-refractivity contribution < 1.29 is 4.74 Å². The van der Waals surface area contributed by atoms with Crippen LogP contribution in [0.5, 0.6) is 5.75 Å². The van der Waals surface area contributed by atoms with Gasteiger partial charge in [0.2, 0.25) is 0 Å².